The molecule has 1 aliphatic rings. The van der Waals surface area contributed by atoms with Crippen LogP contribution in [0.2, 0.25) is 0 Å². The lowest BCUT2D eigenvalue weighted by Gasteiger charge is -2.29. The molecule has 1 aliphatic heterocycles. The van der Waals surface area contributed by atoms with Gasteiger partial charge in [0.15, 0.2) is 6.10 Å². The third-order valence-corrected chi connectivity index (χ3v) is 7.03. The number of hydrogen-bond acceptors (Lipinski definition) is 5. The van der Waals surface area contributed by atoms with Crippen LogP contribution in [0.3, 0.4) is 0 Å². The highest BCUT2D eigenvalue weighted by Gasteiger charge is 2.36. The maximum Gasteiger partial charge on any atom is 0.488 e. The predicted molar refractivity (Wildman–Crippen MR) is 147 cm³/mol. The lowest BCUT2D eigenvalue weighted by atomic mass is 9.79. The molecule has 3 aromatic carbocycles. The molecule has 4 rings (SSSR count). The number of amides is 1. The molecule has 1 heterocycles. The number of hydrogen-bond donors (Lipinski definition) is 3. The minimum atomic E-state index is -1.67. The zero-order chi connectivity index (χ0) is 27.9. The predicted octanol–water partition coefficient (Wildman–Crippen LogP) is 4.06. The Hall–Kier alpha value is -3.46. The fraction of sp³-hybridized carbons (Fsp3) is 0.333. The molecule has 0 fully saturated rings. The molecule has 0 aliphatic carbocycles. The van der Waals surface area contributed by atoms with Crippen molar-refractivity contribution in [3.8, 4) is 11.1 Å². The van der Waals surface area contributed by atoms with E-state index in [4.69, 9.17) is 4.74 Å². The number of rotatable bonds is 6. The van der Waals surface area contributed by atoms with Crippen molar-refractivity contribution in [2.75, 3.05) is 0 Å². The molecule has 0 spiro atoms. The van der Waals surface area contributed by atoms with Gasteiger partial charge >= 0.3 is 13.1 Å². The molecule has 8 heteroatoms. The van der Waals surface area contributed by atoms with Gasteiger partial charge < -0.3 is 24.8 Å². The van der Waals surface area contributed by atoms with Crippen LogP contribution in [0.4, 0.5) is 0 Å². The molecule has 1 unspecified atom stereocenters. The van der Waals surface area contributed by atoms with Crippen molar-refractivity contribution in [1.82, 2.24) is 4.90 Å². The van der Waals surface area contributed by atoms with Crippen LogP contribution < -0.4 is 5.46 Å². The molecule has 1 atom stereocenters. The summed E-state index contributed by atoms with van der Waals surface area (Å²) in [6.45, 7) is 12.1. The van der Waals surface area contributed by atoms with Crippen LogP contribution in [-0.2, 0) is 22.6 Å². The van der Waals surface area contributed by atoms with E-state index in [1.54, 1.807) is 23.1 Å². The normalized spacial score (nSPS) is 13.8. The van der Waals surface area contributed by atoms with Crippen LogP contribution in [0, 0.1) is 20.8 Å². The Labute approximate surface area is 223 Å². The number of carbonyl (C=O) groups is 2. The second-order valence-electron chi connectivity index (χ2n) is 11.0. The van der Waals surface area contributed by atoms with Crippen molar-refractivity contribution < 1.29 is 29.5 Å². The Morgan fingerprint density at radius 1 is 0.947 bits per heavy atom. The molecule has 7 nitrogen and oxygen atoms in total. The van der Waals surface area contributed by atoms with Crippen LogP contribution in [0.1, 0.15) is 70.6 Å². The van der Waals surface area contributed by atoms with E-state index in [0.717, 1.165) is 38.9 Å². The highest BCUT2D eigenvalue weighted by molar-refractivity contribution is 6.58. The van der Waals surface area contributed by atoms with Gasteiger partial charge in [-0.05, 0) is 92.5 Å². The molecule has 0 saturated carbocycles. The Morgan fingerprint density at radius 2 is 1.55 bits per heavy atom. The van der Waals surface area contributed by atoms with Crippen molar-refractivity contribution >= 4 is 24.5 Å². The summed E-state index contributed by atoms with van der Waals surface area (Å²) in [7, 11) is -1.67. The molecule has 38 heavy (non-hydrogen) atoms. The SMILES string of the molecule is Cc1ccc(-c2c(C)c3c(c(C)c2C(OC(C)(C)C)C(=O)O)CN(C(=O)c2cccc(B(O)O)c2)C3)cc1. The summed E-state index contributed by atoms with van der Waals surface area (Å²) in [6, 6.07) is 14.3. The minimum absolute atomic E-state index is 0.235. The van der Waals surface area contributed by atoms with Crippen LogP contribution in [0.25, 0.3) is 11.1 Å². The van der Waals surface area contributed by atoms with Gasteiger partial charge in [0.25, 0.3) is 5.91 Å². The maximum atomic E-state index is 13.5. The summed E-state index contributed by atoms with van der Waals surface area (Å²) >= 11 is 0. The quantitative estimate of drug-likeness (QED) is 0.428. The molecule has 3 aromatic rings. The molecule has 0 radical (unpaired) electrons. The van der Waals surface area contributed by atoms with Gasteiger partial charge in [-0.25, -0.2) is 4.79 Å². The lowest BCUT2D eigenvalue weighted by molar-refractivity contribution is -0.160. The van der Waals surface area contributed by atoms with E-state index >= 15 is 0 Å². The number of aliphatic carboxylic acids is 1. The van der Waals surface area contributed by atoms with Crippen LogP contribution >= 0.6 is 0 Å². The third-order valence-electron chi connectivity index (χ3n) is 7.03. The fourth-order valence-corrected chi connectivity index (χ4v) is 5.19. The minimum Gasteiger partial charge on any atom is -0.479 e. The van der Waals surface area contributed by atoms with Gasteiger partial charge in [0.05, 0.1) is 5.60 Å². The largest absolute Gasteiger partial charge is 0.488 e. The monoisotopic (exact) mass is 515 g/mol. The number of carboxylic acids is 1. The van der Waals surface area contributed by atoms with Gasteiger partial charge in [-0.3, -0.25) is 4.79 Å². The molecule has 0 saturated heterocycles. The average Bonchev–Trinajstić information content (AvgIpc) is 3.31. The molecular weight excluding hydrogens is 481 g/mol. The van der Waals surface area contributed by atoms with E-state index in [-0.39, 0.29) is 11.4 Å². The molecule has 3 N–H and O–H groups in total. The van der Waals surface area contributed by atoms with Gasteiger partial charge in [0.2, 0.25) is 0 Å². The van der Waals surface area contributed by atoms with Gasteiger partial charge in [-0.2, -0.15) is 0 Å². The fourth-order valence-electron chi connectivity index (χ4n) is 5.19. The van der Waals surface area contributed by atoms with E-state index < -0.39 is 24.8 Å². The van der Waals surface area contributed by atoms with Crippen molar-refractivity contribution in [2.45, 2.75) is 66.3 Å². The lowest BCUT2D eigenvalue weighted by Crippen LogP contribution is -2.32. The second kappa shape index (κ2) is 10.4. The zero-order valence-corrected chi connectivity index (χ0v) is 22.7. The van der Waals surface area contributed by atoms with Crippen molar-refractivity contribution in [2.24, 2.45) is 0 Å². The first-order chi connectivity index (χ1) is 17.8. The van der Waals surface area contributed by atoms with E-state index in [0.29, 0.717) is 24.2 Å². The van der Waals surface area contributed by atoms with Crippen molar-refractivity contribution in [3.05, 3.63) is 87.5 Å². The van der Waals surface area contributed by atoms with Gasteiger partial charge in [-0.15, -0.1) is 0 Å². The summed E-state index contributed by atoms with van der Waals surface area (Å²) in [5.74, 6) is -1.30. The second-order valence-corrected chi connectivity index (χ2v) is 11.0. The highest BCUT2D eigenvalue weighted by atomic mass is 16.5. The third kappa shape index (κ3) is 5.39. The number of ether oxygens (including phenoxy) is 1. The van der Waals surface area contributed by atoms with Gasteiger partial charge in [0, 0.05) is 24.2 Å². The Bertz CT molecular complexity index is 1390. The number of carboxylic acid groups (broad SMARTS) is 1. The average molecular weight is 515 g/mol. The summed E-state index contributed by atoms with van der Waals surface area (Å²) in [4.78, 5) is 27.8. The Morgan fingerprint density at radius 3 is 2.11 bits per heavy atom. The number of aryl methyl sites for hydroxylation is 1. The van der Waals surface area contributed by atoms with E-state index in [2.05, 4.69) is 0 Å². The first kappa shape index (κ1) is 27.6. The summed E-state index contributed by atoms with van der Waals surface area (Å²) in [5.41, 5.74) is 6.95. The molecule has 198 valence electrons. The zero-order valence-electron chi connectivity index (χ0n) is 22.7. The van der Waals surface area contributed by atoms with Crippen molar-refractivity contribution in [1.29, 1.82) is 0 Å². The molecule has 0 bridgehead atoms. The maximum absolute atomic E-state index is 13.5. The van der Waals surface area contributed by atoms with E-state index in [9.17, 15) is 24.7 Å². The number of fused-ring (bicyclic) bond motifs is 1. The van der Waals surface area contributed by atoms with Crippen molar-refractivity contribution in [3.63, 3.8) is 0 Å². The number of benzene rings is 3. The van der Waals surface area contributed by atoms with Crippen LogP contribution in [0.5, 0.6) is 0 Å². The first-order valence-electron chi connectivity index (χ1n) is 12.7. The number of carbonyl (C=O) groups excluding carboxylic acids is 1. The Balaban J connectivity index is 1.86. The van der Waals surface area contributed by atoms with Gasteiger partial charge in [0.1, 0.15) is 0 Å². The number of nitrogens with zero attached hydrogens (tertiary/aromatic N) is 1. The molecular formula is C30H34BNO6. The van der Waals surface area contributed by atoms with E-state index in [1.807, 2.05) is 65.8 Å². The summed E-state index contributed by atoms with van der Waals surface area (Å²) in [6.07, 6.45) is -1.19. The first-order valence-corrected chi connectivity index (χ1v) is 12.7. The molecule has 0 aromatic heterocycles. The van der Waals surface area contributed by atoms with Crippen LogP contribution in [-0.4, -0.2) is 44.7 Å². The molecule has 1 amide bonds. The smallest absolute Gasteiger partial charge is 0.479 e. The van der Waals surface area contributed by atoms with Crippen LogP contribution in [0.15, 0.2) is 48.5 Å². The standard InChI is InChI=1S/C30H34BNO6/c1-17-10-12-20(13-11-17)25-18(2)23-15-32(28(33)21-8-7-9-22(14-21)31(36)37)16-24(23)19(3)26(25)27(29(34)35)38-30(4,5)6/h7-14,27,36-37H,15-16H2,1-6H3,(H,34,35). The topological polar surface area (TPSA) is 107 Å². The van der Waals surface area contributed by atoms with Gasteiger partial charge in [-0.1, -0.05) is 42.0 Å². The summed E-state index contributed by atoms with van der Waals surface area (Å²) < 4.78 is 6.12. The highest BCUT2D eigenvalue weighted by Crippen LogP contribution is 2.43. The van der Waals surface area contributed by atoms with E-state index in [1.165, 1.54) is 6.07 Å². The summed E-state index contributed by atoms with van der Waals surface area (Å²) in [5, 5.41) is 29.4. The Kier molecular flexibility index (Phi) is 7.52.